The summed E-state index contributed by atoms with van der Waals surface area (Å²) in [5.74, 6) is -1.76. The first kappa shape index (κ1) is 12.2. The second-order valence-corrected chi connectivity index (χ2v) is 3.40. The first-order valence-electron chi connectivity index (χ1n) is 4.71. The molecule has 4 nitrogen and oxygen atoms in total. The molecule has 1 aromatic carbocycles. The Morgan fingerprint density at radius 2 is 1.88 bits per heavy atom. The molecule has 1 aromatic rings. The summed E-state index contributed by atoms with van der Waals surface area (Å²) in [6.07, 6.45) is 0. The number of carbonyl (C=O) groups excluding carboxylic acids is 1. The summed E-state index contributed by atoms with van der Waals surface area (Å²) in [5.41, 5.74) is 0.692. The number of carboxylic acids is 1. The SMILES string of the molecule is CC(=O)N(CC(=O)O)Cc1ccc(F)cc1. The van der Waals surface area contributed by atoms with E-state index in [-0.39, 0.29) is 24.8 Å². The summed E-state index contributed by atoms with van der Waals surface area (Å²) in [6, 6.07) is 5.59. The first-order valence-corrected chi connectivity index (χ1v) is 4.71. The van der Waals surface area contributed by atoms with Crippen LogP contribution in [0.1, 0.15) is 12.5 Å². The van der Waals surface area contributed by atoms with Crippen molar-refractivity contribution < 1.29 is 19.1 Å². The number of halogens is 1. The van der Waals surface area contributed by atoms with Crippen LogP contribution < -0.4 is 0 Å². The van der Waals surface area contributed by atoms with Gasteiger partial charge in [0.1, 0.15) is 12.4 Å². The minimum atomic E-state index is -1.07. The molecule has 0 aliphatic rings. The molecule has 1 amide bonds. The standard InChI is InChI=1S/C11H12FNO3/c1-8(14)13(7-11(15)16)6-9-2-4-10(12)5-3-9/h2-5H,6-7H2,1H3,(H,15,16). The Kier molecular flexibility index (Phi) is 3.99. The van der Waals surface area contributed by atoms with Gasteiger partial charge in [0, 0.05) is 13.5 Å². The van der Waals surface area contributed by atoms with Crippen molar-refractivity contribution >= 4 is 11.9 Å². The normalized spacial score (nSPS) is 9.88. The Balaban J connectivity index is 2.71. The Bertz CT molecular complexity index is 389. The summed E-state index contributed by atoms with van der Waals surface area (Å²) in [7, 11) is 0. The van der Waals surface area contributed by atoms with Gasteiger partial charge in [0.25, 0.3) is 0 Å². The van der Waals surface area contributed by atoms with Gasteiger partial charge in [-0.1, -0.05) is 12.1 Å². The van der Waals surface area contributed by atoms with E-state index < -0.39 is 5.97 Å². The van der Waals surface area contributed by atoms with Crippen molar-refractivity contribution in [1.82, 2.24) is 4.90 Å². The van der Waals surface area contributed by atoms with E-state index in [1.165, 1.54) is 36.1 Å². The molecule has 0 unspecified atom stereocenters. The number of hydrogen-bond acceptors (Lipinski definition) is 2. The van der Waals surface area contributed by atoms with Gasteiger partial charge < -0.3 is 10.0 Å². The number of carbonyl (C=O) groups is 2. The number of amides is 1. The van der Waals surface area contributed by atoms with Gasteiger partial charge in [-0.15, -0.1) is 0 Å². The highest BCUT2D eigenvalue weighted by Crippen LogP contribution is 2.06. The summed E-state index contributed by atoms with van der Waals surface area (Å²) < 4.78 is 12.6. The van der Waals surface area contributed by atoms with Crippen LogP contribution in [0, 0.1) is 5.82 Å². The summed E-state index contributed by atoms with van der Waals surface area (Å²) in [5, 5.41) is 8.60. The molecule has 16 heavy (non-hydrogen) atoms. The molecule has 0 aliphatic carbocycles. The molecule has 0 aliphatic heterocycles. The van der Waals surface area contributed by atoms with Gasteiger partial charge in [-0.05, 0) is 17.7 Å². The van der Waals surface area contributed by atoms with Crippen molar-refractivity contribution in [2.75, 3.05) is 6.54 Å². The van der Waals surface area contributed by atoms with Crippen LogP contribution in [0.25, 0.3) is 0 Å². The van der Waals surface area contributed by atoms with Crippen molar-refractivity contribution in [2.24, 2.45) is 0 Å². The molecule has 0 saturated heterocycles. The van der Waals surface area contributed by atoms with Crippen molar-refractivity contribution in [2.45, 2.75) is 13.5 Å². The molecule has 1 rings (SSSR count). The second kappa shape index (κ2) is 5.25. The Morgan fingerprint density at radius 1 is 1.31 bits per heavy atom. The third kappa shape index (κ3) is 3.68. The molecular formula is C11H12FNO3. The highest BCUT2D eigenvalue weighted by Gasteiger charge is 2.12. The maximum Gasteiger partial charge on any atom is 0.323 e. The van der Waals surface area contributed by atoms with E-state index in [0.29, 0.717) is 5.56 Å². The molecule has 0 fully saturated rings. The van der Waals surface area contributed by atoms with E-state index in [1.807, 2.05) is 0 Å². The van der Waals surface area contributed by atoms with Crippen molar-refractivity contribution in [3.63, 3.8) is 0 Å². The lowest BCUT2D eigenvalue weighted by molar-refractivity contribution is -0.144. The third-order valence-electron chi connectivity index (χ3n) is 2.06. The van der Waals surface area contributed by atoms with Crippen LogP contribution in [-0.4, -0.2) is 28.4 Å². The Hall–Kier alpha value is -1.91. The Labute approximate surface area is 92.3 Å². The zero-order chi connectivity index (χ0) is 12.1. The quantitative estimate of drug-likeness (QED) is 0.839. The van der Waals surface area contributed by atoms with Gasteiger partial charge in [-0.3, -0.25) is 9.59 Å². The zero-order valence-corrected chi connectivity index (χ0v) is 8.81. The van der Waals surface area contributed by atoms with E-state index in [1.54, 1.807) is 0 Å². The fourth-order valence-electron chi connectivity index (χ4n) is 1.25. The van der Waals surface area contributed by atoms with Crippen LogP contribution in [0.5, 0.6) is 0 Å². The Morgan fingerprint density at radius 3 is 2.31 bits per heavy atom. The minimum absolute atomic E-state index is 0.169. The largest absolute Gasteiger partial charge is 0.480 e. The lowest BCUT2D eigenvalue weighted by atomic mass is 10.2. The van der Waals surface area contributed by atoms with Gasteiger partial charge in [0.15, 0.2) is 0 Å². The molecule has 5 heteroatoms. The van der Waals surface area contributed by atoms with Crippen LogP contribution in [0.15, 0.2) is 24.3 Å². The molecule has 0 heterocycles. The van der Waals surface area contributed by atoms with Crippen LogP contribution in [0.3, 0.4) is 0 Å². The summed E-state index contributed by atoms with van der Waals surface area (Å²) in [4.78, 5) is 22.8. The van der Waals surface area contributed by atoms with Gasteiger partial charge in [0.05, 0.1) is 0 Å². The number of nitrogens with zero attached hydrogens (tertiary/aromatic N) is 1. The molecule has 1 N–H and O–H groups in total. The molecular weight excluding hydrogens is 213 g/mol. The van der Waals surface area contributed by atoms with E-state index in [2.05, 4.69) is 0 Å². The fraction of sp³-hybridized carbons (Fsp3) is 0.273. The minimum Gasteiger partial charge on any atom is -0.480 e. The third-order valence-corrected chi connectivity index (χ3v) is 2.06. The average molecular weight is 225 g/mol. The lowest BCUT2D eigenvalue weighted by Crippen LogP contribution is -2.33. The number of hydrogen-bond donors (Lipinski definition) is 1. The van der Waals surface area contributed by atoms with Gasteiger partial charge >= 0.3 is 5.97 Å². The van der Waals surface area contributed by atoms with Crippen LogP contribution in [-0.2, 0) is 16.1 Å². The van der Waals surface area contributed by atoms with Crippen molar-refractivity contribution in [1.29, 1.82) is 0 Å². The number of carboxylic acid groups (broad SMARTS) is 1. The highest BCUT2D eigenvalue weighted by molar-refractivity contribution is 5.79. The topological polar surface area (TPSA) is 57.6 Å². The number of aliphatic carboxylic acids is 1. The molecule has 0 spiro atoms. The monoisotopic (exact) mass is 225 g/mol. The molecule has 0 bridgehead atoms. The van der Waals surface area contributed by atoms with Crippen molar-refractivity contribution in [3.8, 4) is 0 Å². The van der Waals surface area contributed by atoms with E-state index in [9.17, 15) is 14.0 Å². The first-order chi connectivity index (χ1) is 7.49. The van der Waals surface area contributed by atoms with Gasteiger partial charge in [-0.2, -0.15) is 0 Å². The van der Waals surface area contributed by atoms with E-state index in [0.717, 1.165) is 0 Å². The molecule has 0 atom stereocenters. The molecule has 0 saturated carbocycles. The zero-order valence-electron chi connectivity index (χ0n) is 8.81. The molecule has 0 radical (unpaired) electrons. The second-order valence-electron chi connectivity index (χ2n) is 3.40. The lowest BCUT2D eigenvalue weighted by Gasteiger charge is -2.18. The smallest absolute Gasteiger partial charge is 0.323 e. The van der Waals surface area contributed by atoms with E-state index in [4.69, 9.17) is 5.11 Å². The van der Waals surface area contributed by atoms with Crippen LogP contribution in [0.2, 0.25) is 0 Å². The molecule has 0 aromatic heterocycles. The summed E-state index contributed by atoms with van der Waals surface area (Å²) >= 11 is 0. The number of rotatable bonds is 4. The predicted octanol–water partition coefficient (Wildman–Crippen LogP) is 1.26. The maximum atomic E-state index is 12.6. The predicted molar refractivity (Wildman–Crippen MR) is 55.1 cm³/mol. The number of benzene rings is 1. The van der Waals surface area contributed by atoms with Gasteiger partial charge in [-0.25, -0.2) is 4.39 Å². The van der Waals surface area contributed by atoms with E-state index >= 15 is 0 Å². The average Bonchev–Trinajstić information content (AvgIpc) is 2.19. The van der Waals surface area contributed by atoms with Gasteiger partial charge in [0.2, 0.25) is 5.91 Å². The van der Waals surface area contributed by atoms with Crippen LogP contribution >= 0.6 is 0 Å². The maximum absolute atomic E-state index is 12.6. The highest BCUT2D eigenvalue weighted by atomic mass is 19.1. The molecule has 86 valence electrons. The fourth-order valence-corrected chi connectivity index (χ4v) is 1.25. The van der Waals surface area contributed by atoms with Crippen LogP contribution in [0.4, 0.5) is 4.39 Å². The summed E-state index contributed by atoms with van der Waals surface area (Å²) in [6.45, 7) is 1.11. The van der Waals surface area contributed by atoms with Crippen molar-refractivity contribution in [3.05, 3.63) is 35.6 Å².